The number of halogens is 1. The normalized spacial score (nSPS) is 12.9. The average Bonchev–Trinajstić information content (AvgIpc) is 2.01. The molecule has 0 aliphatic carbocycles. The van der Waals surface area contributed by atoms with Crippen molar-refractivity contribution in [2.24, 2.45) is 5.73 Å². The SMILES string of the molecule is C=C=CC(N)(CCC(=O)O)C(=O)O.Cl. The van der Waals surface area contributed by atoms with E-state index in [4.69, 9.17) is 15.9 Å². The monoisotopic (exact) mass is 221 g/mol. The molecule has 0 aliphatic rings. The van der Waals surface area contributed by atoms with E-state index in [2.05, 4.69) is 12.3 Å². The summed E-state index contributed by atoms with van der Waals surface area (Å²) in [5.41, 5.74) is 5.94. The number of hydrogen-bond acceptors (Lipinski definition) is 3. The second-order valence-electron chi connectivity index (χ2n) is 2.59. The number of carboxylic acids is 2. The second-order valence-corrected chi connectivity index (χ2v) is 2.59. The predicted octanol–water partition coefficient (Wildman–Crippen LogP) is 0.396. The van der Waals surface area contributed by atoms with Crippen LogP contribution < -0.4 is 5.73 Å². The summed E-state index contributed by atoms with van der Waals surface area (Å²) in [6.45, 7) is 3.18. The topological polar surface area (TPSA) is 101 Å². The summed E-state index contributed by atoms with van der Waals surface area (Å²) in [7, 11) is 0. The molecule has 0 saturated carbocycles. The van der Waals surface area contributed by atoms with Crippen molar-refractivity contribution in [1.82, 2.24) is 0 Å². The summed E-state index contributed by atoms with van der Waals surface area (Å²) in [6, 6.07) is 0. The molecule has 0 aromatic carbocycles. The number of carbonyl (C=O) groups is 2. The fourth-order valence-electron chi connectivity index (χ4n) is 0.737. The molecule has 0 amide bonds. The van der Waals surface area contributed by atoms with Crippen LogP contribution in [0.2, 0.25) is 0 Å². The maximum absolute atomic E-state index is 10.6. The molecule has 6 heteroatoms. The van der Waals surface area contributed by atoms with E-state index in [1.54, 1.807) is 0 Å². The molecule has 0 heterocycles. The van der Waals surface area contributed by atoms with Gasteiger partial charge in [0.05, 0.1) is 0 Å². The zero-order valence-corrected chi connectivity index (χ0v) is 8.21. The largest absolute Gasteiger partial charge is 0.481 e. The van der Waals surface area contributed by atoms with Gasteiger partial charge < -0.3 is 15.9 Å². The van der Waals surface area contributed by atoms with E-state index in [9.17, 15) is 9.59 Å². The van der Waals surface area contributed by atoms with E-state index in [1.165, 1.54) is 0 Å². The zero-order chi connectivity index (χ0) is 10.5. The van der Waals surface area contributed by atoms with Crippen LogP contribution >= 0.6 is 12.4 Å². The smallest absolute Gasteiger partial charge is 0.328 e. The Balaban J connectivity index is 0. The molecular weight excluding hydrogens is 210 g/mol. The van der Waals surface area contributed by atoms with Gasteiger partial charge in [-0.2, -0.15) is 0 Å². The summed E-state index contributed by atoms with van der Waals surface area (Å²) in [5.74, 6) is -2.38. The molecular formula is C8H12ClNO4. The minimum absolute atomic E-state index is 0. The third-order valence-electron chi connectivity index (χ3n) is 1.51. The Kier molecular flexibility index (Phi) is 6.74. The van der Waals surface area contributed by atoms with E-state index in [0.717, 1.165) is 6.08 Å². The lowest BCUT2D eigenvalue weighted by Crippen LogP contribution is -2.46. The number of hydrogen-bond donors (Lipinski definition) is 3. The summed E-state index contributed by atoms with van der Waals surface area (Å²) in [6.07, 6.45) is 0.569. The van der Waals surface area contributed by atoms with Crippen molar-refractivity contribution < 1.29 is 19.8 Å². The van der Waals surface area contributed by atoms with Gasteiger partial charge in [-0.3, -0.25) is 4.79 Å². The molecule has 0 radical (unpaired) electrons. The van der Waals surface area contributed by atoms with Gasteiger partial charge in [-0.15, -0.1) is 18.1 Å². The number of nitrogens with two attached hydrogens (primary N) is 1. The van der Waals surface area contributed by atoms with Crippen LogP contribution in [0.1, 0.15) is 12.8 Å². The summed E-state index contributed by atoms with van der Waals surface area (Å²) >= 11 is 0. The zero-order valence-electron chi connectivity index (χ0n) is 7.40. The molecule has 80 valence electrons. The molecule has 0 bridgehead atoms. The van der Waals surface area contributed by atoms with Crippen LogP contribution in [-0.4, -0.2) is 27.7 Å². The lowest BCUT2D eigenvalue weighted by molar-refractivity contribution is -0.142. The number of carboxylic acid groups (broad SMARTS) is 2. The highest BCUT2D eigenvalue weighted by Crippen LogP contribution is 2.11. The van der Waals surface area contributed by atoms with Crippen molar-refractivity contribution in [3.63, 3.8) is 0 Å². The second kappa shape index (κ2) is 6.21. The fraction of sp³-hybridized carbons (Fsp3) is 0.375. The Morgan fingerprint density at radius 3 is 2.29 bits per heavy atom. The molecule has 0 saturated heterocycles. The summed E-state index contributed by atoms with van der Waals surface area (Å²) in [5, 5.41) is 17.0. The predicted molar refractivity (Wildman–Crippen MR) is 52.4 cm³/mol. The summed E-state index contributed by atoms with van der Waals surface area (Å²) < 4.78 is 0. The van der Waals surface area contributed by atoms with Gasteiger partial charge in [0.25, 0.3) is 0 Å². The van der Waals surface area contributed by atoms with Gasteiger partial charge in [0, 0.05) is 6.42 Å². The van der Waals surface area contributed by atoms with E-state index >= 15 is 0 Å². The van der Waals surface area contributed by atoms with Crippen LogP contribution in [0.15, 0.2) is 18.4 Å². The van der Waals surface area contributed by atoms with Crippen LogP contribution in [0.3, 0.4) is 0 Å². The van der Waals surface area contributed by atoms with Gasteiger partial charge in [-0.05, 0) is 12.5 Å². The lowest BCUT2D eigenvalue weighted by atomic mass is 9.95. The van der Waals surface area contributed by atoms with Gasteiger partial charge in [0.15, 0.2) is 0 Å². The number of aliphatic carboxylic acids is 2. The Labute approximate surface area is 87.3 Å². The van der Waals surface area contributed by atoms with Gasteiger partial charge in [-0.25, -0.2) is 4.79 Å². The molecule has 0 aromatic rings. The molecule has 0 aliphatic heterocycles. The molecule has 0 aromatic heterocycles. The van der Waals surface area contributed by atoms with Crippen molar-refractivity contribution in [2.45, 2.75) is 18.4 Å². The van der Waals surface area contributed by atoms with E-state index < -0.39 is 17.5 Å². The van der Waals surface area contributed by atoms with E-state index in [-0.39, 0.29) is 25.2 Å². The molecule has 5 nitrogen and oxygen atoms in total. The van der Waals surface area contributed by atoms with Crippen LogP contribution in [0.25, 0.3) is 0 Å². The Bertz CT molecular complexity index is 269. The minimum Gasteiger partial charge on any atom is -0.481 e. The van der Waals surface area contributed by atoms with Crippen molar-refractivity contribution in [3.05, 3.63) is 18.4 Å². The average molecular weight is 222 g/mol. The van der Waals surface area contributed by atoms with Crippen molar-refractivity contribution in [2.75, 3.05) is 0 Å². The highest BCUT2D eigenvalue weighted by atomic mass is 35.5. The van der Waals surface area contributed by atoms with Crippen LogP contribution in [0.5, 0.6) is 0 Å². The van der Waals surface area contributed by atoms with Gasteiger partial charge >= 0.3 is 11.9 Å². The first kappa shape index (κ1) is 15.2. The first-order chi connectivity index (χ1) is 5.92. The molecule has 1 unspecified atom stereocenters. The van der Waals surface area contributed by atoms with Crippen LogP contribution in [0, 0.1) is 0 Å². The highest BCUT2D eigenvalue weighted by molar-refractivity contribution is 5.85. The number of rotatable bonds is 5. The van der Waals surface area contributed by atoms with Crippen molar-refractivity contribution in [1.29, 1.82) is 0 Å². The fourth-order valence-corrected chi connectivity index (χ4v) is 0.737. The van der Waals surface area contributed by atoms with Crippen LogP contribution in [-0.2, 0) is 9.59 Å². The van der Waals surface area contributed by atoms with E-state index in [1.807, 2.05) is 0 Å². The standard InChI is InChI=1S/C8H11NO4.ClH/c1-2-4-8(9,7(12)13)5-3-6(10)11;/h4H,1,3,5,9H2,(H,10,11)(H,12,13);1H. The third-order valence-corrected chi connectivity index (χ3v) is 1.51. The Hall–Kier alpha value is -1.29. The van der Waals surface area contributed by atoms with Gasteiger partial charge in [-0.1, -0.05) is 6.58 Å². The minimum atomic E-state index is -1.68. The molecule has 14 heavy (non-hydrogen) atoms. The maximum Gasteiger partial charge on any atom is 0.328 e. The van der Waals surface area contributed by atoms with Gasteiger partial charge in [0.2, 0.25) is 0 Å². The van der Waals surface area contributed by atoms with Crippen molar-refractivity contribution >= 4 is 24.3 Å². The molecule has 0 spiro atoms. The highest BCUT2D eigenvalue weighted by Gasteiger charge is 2.31. The van der Waals surface area contributed by atoms with Crippen molar-refractivity contribution in [3.8, 4) is 0 Å². The first-order valence-corrected chi connectivity index (χ1v) is 3.53. The third kappa shape index (κ3) is 4.67. The molecule has 1 atom stereocenters. The van der Waals surface area contributed by atoms with E-state index in [0.29, 0.717) is 0 Å². The molecule has 0 fully saturated rings. The van der Waals surface area contributed by atoms with Gasteiger partial charge in [0.1, 0.15) is 5.54 Å². The molecule has 4 N–H and O–H groups in total. The molecule has 0 rings (SSSR count). The lowest BCUT2D eigenvalue weighted by Gasteiger charge is -2.17. The Morgan fingerprint density at radius 2 is 2.00 bits per heavy atom. The quantitative estimate of drug-likeness (QED) is 0.584. The Morgan fingerprint density at radius 1 is 1.50 bits per heavy atom. The summed E-state index contributed by atoms with van der Waals surface area (Å²) in [4.78, 5) is 20.8. The maximum atomic E-state index is 10.6. The first-order valence-electron chi connectivity index (χ1n) is 3.53. The van der Waals surface area contributed by atoms with Crippen LogP contribution in [0.4, 0.5) is 0 Å².